The van der Waals surface area contributed by atoms with Crippen LogP contribution in [0.4, 0.5) is 4.79 Å². The van der Waals surface area contributed by atoms with E-state index in [1.54, 1.807) is 0 Å². The molecule has 1 aromatic rings. The van der Waals surface area contributed by atoms with E-state index < -0.39 is 0 Å². The summed E-state index contributed by atoms with van der Waals surface area (Å²) in [6.07, 6.45) is 4.63. The zero-order valence-electron chi connectivity index (χ0n) is 14.8. The molecular formula is C19H30N2O3. The molecule has 1 aromatic carbocycles. The van der Waals surface area contributed by atoms with Crippen LogP contribution in [0.2, 0.25) is 0 Å². The van der Waals surface area contributed by atoms with E-state index in [4.69, 9.17) is 9.84 Å². The van der Waals surface area contributed by atoms with E-state index in [1.807, 2.05) is 31.2 Å². The Labute approximate surface area is 144 Å². The highest BCUT2D eigenvalue weighted by molar-refractivity contribution is 5.74. The van der Waals surface area contributed by atoms with Crippen LogP contribution < -0.4 is 15.4 Å². The van der Waals surface area contributed by atoms with Gasteiger partial charge in [0, 0.05) is 12.6 Å². The lowest BCUT2D eigenvalue weighted by Gasteiger charge is -2.28. The summed E-state index contributed by atoms with van der Waals surface area (Å²) in [6.45, 7) is 4.83. The van der Waals surface area contributed by atoms with Crippen molar-refractivity contribution >= 4 is 6.03 Å². The van der Waals surface area contributed by atoms with Crippen molar-refractivity contribution in [1.29, 1.82) is 0 Å². The van der Waals surface area contributed by atoms with Crippen LogP contribution in [-0.4, -0.2) is 36.4 Å². The minimum Gasteiger partial charge on any atom is -0.489 e. The molecule has 2 rings (SSSR count). The maximum atomic E-state index is 12.1. The van der Waals surface area contributed by atoms with Gasteiger partial charge in [-0.3, -0.25) is 0 Å². The van der Waals surface area contributed by atoms with Crippen molar-refractivity contribution in [3.63, 3.8) is 0 Å². The Morgan fingerprint density at radius 2 is 2.08 bits per heavy atom. The van der Waals surface area contributed by atoms with Crippen LogP contribution >= 0.6 is 0 Å². The number of nitrogens with one attached hydrogen (secondary N) is 2. The largest absolute Gasteiger partial charge is 0.489 e. The molecule has 0 aromatic heterocycles. The van der Waals surface area contributed by atoms with Crippen LogP contribution in [-0.2, 0) is 0 Å². The van der Waals surface area contributed by atoms with Gasteiger partial charge < -0.3 is 20.5 Å². The molecule has 134 valence electrons. The Bertz CT molecular complexity index is 513. The van der Waals surface area contributed by atoms with Gasteiger partial charge in [-0.15, -0.1) is 0 Å². The van der Waals surface area contributed by atoms with E-state index >= 15 is 0 Å². The number of ether oxygens (including phenoxy) is 1. The molecule has 5 nitrogen and oxygen atoms in total. The zero-order valence-corrected chi connectivity index (χ0v) is 14.8. The molecule has 1 fully saturated rings. The normalized spacial score (nSPS) is 21.8. The maximum absolute atomic E-state index is 12.1. The van der Waals surface area contributed by atoms with Crippen LogP contribution in [0.5, 0.6) is 5.75 Å². The number of urea groups is 1. The van der Waals surface area contributed by atoms with Gasteiger partial charge in [-0.1, -0.05) is 19.1 Å². The van der Waals surface area contributed by atoms with Crippen molar-refractivity contribution in [3.8, 4) is 5.75 Å². The second-order valence-corrected chi connectivity index (χ2v) is 6.72. The predicted octanol–water partition coefficient (Wildman–Crippen LogP) is 3.00. The van der Waals surface area contributed by atoms with Gasteiger partial charge in [0.05, 0.1) is 6.54 Å². The van der Waals surface area contributed by atoms with Gasteiger partial charge >= 0.3 is 6.03 Å². The Morgan fingerprint density at radius 3 is 2.71 bits per heavy atom. The molecule has 0 aliphatic heterocycles. The van der Waals surface area contributed by atoms with E-state index in [2.05, 4.69) is 17.6 Å². The highest BCUT2D eigenvalue weighted by Crippen LogP contribution is 2.23. The number of aliphatic hydroxyl groups is 1. The smallest absolute Gasteiger partial charge is 0.315 e. The van der Waals surface area contributed by atoms with Gasteiger partial charge in [0.2, 0.25) is 0 Å². The quantitative estimate of drug-likeness (QED) is 0.718. The third-order valence-electron chi connectivity index (χ3n) is 4.68. The highest BCUT2D eigenvalue weighted by atomic mass is 16.5. The first-order valence-corrected chi connectivity index (χ1v) is 8.99. The lowest BCUT2D eigenvalue weighted by Crippen LogP contribution is -2.46. The molecule has 2 amide bonds. The Kier molecular flexibility index (Phi) is 7.37. The maximum Gasteiger partial charge on any atom is 0.315 e. The first kappa shape index (κ1) is 18.6. The van der Waals surface area contributed by atoms with Crippen molar-refractivity contribution in [2.75, 3.05) is 13.2 Å². The third kappa shape index (κ3) is 6.04. The summed E-state index contributed by atoms with van der Waals surface area (Å²) in [5.41, 5.74) is 1.16. The van der Waals surface area contributed by atoms with Crippen molar-refractivity contribution < 1.29 is 14.6 Å². The topological polar surface area (TPSA) is 70.6 Å². The van der Waals surface area contributed by atoms with Gasteiger partial charge in [-0.2, -0.15) is 0 Å². The van der Waals surface area contributed by atoms with Gasteiger partial charge in [0.15, 0.2) is 0 Å². The van der Waals surface area contributed by atoms with Gasteiger partial charge in [0.1, 0.15) is 11.9 Å². The number of aliphatic hydroxyl groups excluding tert-OH is 1. The minimum atomic E-state index is -0.131. The second-order valence-electron chi connectivity index (χ2n) is 6.72. The fourth-order valence-corrected chi connectivity index (χ4v) is 3.08. The average molecular weight is 334 g/mol. The lowest BCUT2D eigenvalue weighted by atomic mass is 9.87. The monoisotopic (exact) mass is 334 g/mol. The SMILES string of the molecule is CCC(CNC(=O)NC1CCC(CO)CC1)Oc1cccc(C)c1. The van der Waals surface area contributed by atoms with Crippen LogP contribution in [0.15, 0.2) is 24.3 Å². The zero-order chi connectivity index (χ0) is 17.4. The van der Waals surface area contributed by atoms with Crippen LogP contribution in [0.1, 0.15) is 44.6 Å². The van der Waals surface area contributed by atoms with Crippen molar-refractivity contribution in [2.24, 2.45) is 5.92 Å². The number of hydrogen-bond acceptors (Lipinski definition) is 3. The molecular weight excluding hydrogens is 304 g/mol. The minimum absolute atomic E-state index is 0.0392. The van der Waals surface area contributed by atoms with E-state index in [0.29, 0.717) is 12.5 Å². The molecule has 0 radical (unpaired) electrons. The molecule has 0 spiro atoms. The van der Waals surface area contributed by atoms with E-state index in [9.17, 15) is 4.79 Å². The lowest BCUT2D eigenvalue weighted by molar-refractivity contribution is 0.171. The fraction of sp³-hybridized carbons (Fsp3) is 0.632. The molecule has 1 saturated carbocycles. The second kappa shape index (κ2) is 9.52. The molecule has 1 atom stereocenters. The summed E-state index contributed by atoms with van der Waals surface area (Å²) in [4.78, 5) is 12.1. The predicted molar refractivity (Wildman–Crippen MR) is 95.3 cm³/mol. The molecule has 1 unspecified atom stereocenters. The van der Waals surface area contributed by atoms with Crippen molar-refractivity contribution in [2.45, 2.75) is 58.1 Å². The standard InChI is InChI=1S/C19H30N2O3/c1-3-17(24-18-6-4-5-14(2)11-18)12-20-19(23)21-16-9-7-15(13-22)8-10-16/h4-6,11,15-17,22H,3,7-10,12-13H2,1-2H3,(H2,20,21,23). The number of hydrogen-bond donors (Lipinski definition) is 3. The molecule has 0 bridgehead atoms. The first-order valence-electron chi connectivity index (χ1n) is 8.99. The Hall–Kier alpha value is -1.75. The number of rotatable bonds is 7. The highest BCUT2D eigenvalue weighted by Gasteiger charge is 2.22. The third-order valence-corrected chi connectivity index (χ3v) is 4.68. The Morgan fingerprint density at radius 1 is 1.33 bits per heavy atom. The molecule has 3 N–H and O–H groups in total. The average Bonchev–Trinajstić information content (AvgIpc) is 2.59. The Balaban J connectivity index is 1.71. The summed E-state index contributed by atoms with van der Waals surface area (Å²) in [6, 6.07) is 8.03. The van der Waals surface area contributed by atoms with E-state index in [-0.39, 0.29) is 24.8 Å². The van der Waals surface area contributed by atoms with Crippen LogP contribution in [0.3, 0.4) is 0 Å². The van der Waals surface area contributed by atoms with Crippen LogP contribution in [0.25, 0.3) is 0 Å². The summed E-state index contributed by atoms with van der Waals surface area (Å²) in [7, 11) is 0. The number of carbonyl (C=O) groups is 1. The fourth-order valence-electron chi connectivity index (χ4n) is 3.08. The molecule has 5 heteroatoms. The molecule has 1 aliphatic carbocycles. The molecule has 1 aliphatic rings. The van der Waals surface area contributed by atoms with Gasteiger partial charge in [0.25, 0.3) is 0 Å². The number of aryl methyl sites for hydroxylation is 1. The van der Waals surface area contributed by atoms with Gasteiger partial charge in [-0.05, 0) is 62.6 Å². The van der Waals surface area contributed by atoms with Gasteiger partial charge in [-0.25, -0.2) is 4.79 Å². The van der Waals surface area contributed by atoms with Crippen molar-refractivity contribution in [3.05, 3.63) is 29.8 Å². The summed E-state index contributed by atoms with van der Waals surface area (Å²) in [5, 5.41) is 15.1. The van der Waals surface area contributed by atoms with E-state index in [0.717, 1.165) is 43.4 Å². The van der Waals surface area contributed by atoms with Crippen LogP contribution in [0, 0.1) is 12.8 Å². The molecule has 0 saturated heterocycles. The van der Waals surface area contributed by atoms with E-state index in [1.165, 1.54) is 0 Å². The molecule has 24 heavy (non-hydrogen) atoms. The summed E-state index contributed by atoms with van der Waals surface area (Å²) >= 11 is 0. The number of carbonyl (C=O) groups excluding carboxylic acids is 1. The number of benzene rings is 1. The van der Waals surface area contributed by atoms with Crippen molar-refractivity contribution in [1.82, 2.24) is 10.6 Å². The first-order chi connectivity index (χ1) is 11.6. The summed E-state index contributed by atoms with van der Waals surface area (Å²) < 4.78 is 5.94. The molecule has 0 heterocycles. The summed E-state index contributed by atoms with van der Waals surface area (Å²) in [5.74, 6) is 1.24. The number of amides is 2.